The van der Waals surface area contributed by atoms with Crippen molar-refractivity contribution in [2.24, 2.45) is 4.99 Å². The highest BCUT2D eigenvalue weighted by molar-refractivity contribution is 5.89. The van der Waals surface area contributed by atoms with E-state index in [-0.39, 0.29) is 6.04 Å². The van der Waals surface area contributed by atoms with Gasteiger partial charge < -0.3 is 0 Å². The first-order valence-corrected chi connectivity index (χ1v) is 6.86. The van der Waals surface area contributed by atoms with Crippen LogP contribution in [0.3, 0.4) is 0 Å². The third-order valence-corrected chi connectivity index (χ3v) is 3.63. The summed E-state index contributed by atoms with van der Waals surface area (Å²) in [5.74, 6) is 0.537. The standard InChI is InChI=1S/C15H26FN3/c1-7-8-9-12(4)14-10-13(16)15(17-5)19(14)18(6)11(2)3/h7-9,11,13-14H,10H2,1-6H3/b8-7-,12-9+,17-15-. The largest absolute Gasteiger partial charge is 0.283 e. The molecule has 1 aliphatic heterocycles. The zero-order chi connectivity index (χ0) is 14.6. The van der Waals surface area contributed by atoms with Crippen molar-refractivity contribution >= 4 is 5.84 Å². The number of hydrazine groups is 1. The Labute approximate surface area is 116 Å². The number of hydrogen-bond donors (Lipinski definition) is 0. The molecule has 1 aliphatic rings. The van der Waals surface area contributed by atoms with Gasteiger partial charge in [-0.15, -0.1) is 0 Å². The van der Waals surface area contributed by atoms with E-state index in [1.165, 1.54) is 0 Å². The Morgan fingerprint density at radius 1 is 1.53 bits per heavy atom. The van der Waals surface area contributed by atoms with Crippen molar-refractivity contribution in [3.63, 3.8) is 0 Å². The minimum Gasteiger partial charge on any atom is -0.283 e. The van der Waals surface area contributed by atoms with Crippen molar-refractivity contribution in [1.29, 1.82) is 0 Å². The summed E-state index contributed by atoms with van der Waals surface area (Å²) in [4.78, 5) is 4.15. The zero-order valence-corrected chi connectivity index (χ0v) is 12.9. The molecule has 0 N–H and O–H groups in total. The van der Waals surface area contributed by atoms with Crippen LogP contribution >= 0.6 is 0 Å². The van der Waals surface area contributed by atoms with Crippen molar-refractivity contribution in [1.82, 2.24) is 10.0 Å². The van der Waals surface area contributed by atoms with Crippen LogP contribution in [0.15, 0.2) is 28.8 Å². The Bertz CT molecular complexity index is 385. The molecule has 0 saturated carbocycles. The monoisotopic (exact) mass is 267 g/mol. The molecule has 1 fully saturated rings. The fourth-order valence-corrected chi connectivity index (χ4v) is 2.32. The number of alkyl halides is 1. The minimum absolute atomic E-state index is 0.0531. The van der Waals surface area contributed by atoms with Crippen molar-refractivity contribution < 1.29 is 4.39 Å². The van der Waals surface area contributed by atoms with Gasteiger partial charge in [0.2, 0.25) is 0 Å². The van der Waals surface area contributed by atoms with E-state index in [4.69, 9.17) is 0 Å². The van der Waals surface area contributed by atoms with E-state index in [0.29, 0.717) is 18.3 Å². The normalized spacial score (nSPS) is 27.5. The quantitative estimate of drug-likeness (QED) is 0.728. The average Bonchev–Trinajstić information content (AvgIpc) is 2.71. The predicted molar refractivity (Wildman–Crippen MR) is 80.0 cm³/mol. The maximum atomic E-state index is 14.2. The minimum atomic E-state index is -0.981. The molecule has 1 rings (SSSR count). The number of rotatable bonds is 4. The van der Waals surface area contributed by atoms with Crippen molar-refractivity contribution in [3.05, 3.63) is 23.8 Å². The lowest BCUT2D eigenvalue weighted by atomic mass is 10.1. The van der Waals surface area contributed by atoms with E-state index in [1.54, 1.807) is 7.05 Å². The van der Waals surface area contributed by atoms with Crippen LogP contribution in [-0.4, -0.2) is 48.2 Å². The van der Waals surface area contributed by atoms with Gasteiger partial charge in [-0.05, 0) is 33.3 Å². The molecular formula is C15H26FN3. The third kappa shape index (κ3) is 3.44. The number of aliphatic imine (C=N–C) groups is 1. The summed E-state index contributed by atoms with van der Waals surface area (Å²) in [5, 5.41) is 4.07. The molecule has 1 heterocycles. The van der Waals surface area contributed by atoms with Crippen molar-refractivity contribution in [2.45, 2.75) is 52.4 Å². The second-order valence-electron chi connectivity index (χ2n) is 5.25. The molecule has 0 amide bonds. The SMILES string of the molecule is C/C=C\C=C(/C)C1CC(F)/C(=N/C)N1N(C)C(C)C. The molecule has 3 nitrogen and oxygen atoms in total. The molecule has 0 aliphatic carbocycles. The van der Waals surface area contributed by atoms with Gasteiger partial charge in [-0.3, -0.25) is 10.0 Å². The van der Waals surface area contributed by atoms with Gasteiger partial charge in [0.25, 0.3) is 0 Å². The first kappa shape index (κ1) is 15.9. The highest BCUT2D eigenvalue weighted by Gasteiger charge is 2.40. The van der Waals surface area contributed by atoms with Crippen LogP contribution in [-0.2, 0) is 0 Å². The third-order valence-electron chi connectivity index (χ3n) is 3.63. The Hall–Kier alpha value is -1.16. The van der Waals surface area contributed by atoms with Gasteiger partial charge in [0, 0.05) is 26.6 Å². The van der Waals surface area contributed by atoms with Gasteiger partial charge in [0.15, 0.2) is 6.17 Å². The predicted octanol–water partition coefficient (Wildman–Crippen LogP) is 3.20. The Kier molecular flexibility index (Phi) is 5.73. The van der Waals surface area contributed by atoms with Gasteiger partial charge in [0.05, 0.1) is 6.04 Å². The second-order valence-corrected chi connectivity index (χ2v) is 5.25. The molecule has 108 valence electrons. The van der Waals surface area contributed by atoms with Crippen LogP contribution in [0.25, 0.3) is 0 Å². The maximum absolute atomic E-state index is 14.2. The summed E-state index contributed by atoms with van der Waals surface area (Å²) in [6.07, 6.45) is 5.53. The van der Waals surface area contributed by atoms with Crippen LogP contribution in [0.2, 0.25) is 0 Å². The fourth-order valence-electron chi connectivity index (χ4n) is 2.32. The first-order valence-electron chi connectivity index (χ1n) is 6.86. The summed E-state index contributed by atoms with van der Waals surface area (Å²) >= 11 is 0. The first-order chi connectivity index (χ1) is 8.93. The summed E-state index contributed by atoms with van der Waals surface area (Å²) in [5.41, 5.74) is 1.16. The number of halogens is 1. The van der Waals surface area contributed by atoms with Crippen LogP contribution < -0.4 is 0 Å². The highest BCUT2D eigenvalue weighted by Crippen LogP contribution is 2.29. The van der Waals surface area contributed by atoms with Gasteiger partial charge >= 0.3 is 0 Å². The highest BCUT2D eigenvalue weighted by atomic mass is 19.1. The number of allylic oxidation sites excluding steroid dienone is 3. The second kappa shape index (κ2) is 6.85. The van der Waals surface area contributed by atoms with Gasteiger partial charge in [-0.25, -0.2) is 9.40 Å². The smallest absolute Gasteiger partial charge is 0.161 e. The van der Waals surface area contributed by atoms with E-state index >= 15 is 0 Å². The molecule has 1 saturated heterocycles. The van der Waals surface area contributed by atoms with E-state index in [1.807, 2.05) is 31.1 Å². The summed E-state index contributed by atoms with van der Waals surface area (Å²) in [6, 6.07) is 0.358. The van der Waals surface area contributed by atoms with E-state index in [0.717, 1.165) is 5.57 Å². The lowest BCUT2D eigenvalue weighted by molar-refractivity contribution is 0.0283. The van der Waals surface area contributed by atoms with E-state index < -0.39 is 6.17 Å². The molecule has 2 unspecified atom stereocenters. The molecule has 0 bridgehead atoms. The topological polar surface area (TPSA) is 18.8 Å². The van der Waals surface area contributed by atoms with Crippen LogP contribution in [0.5, 0.6) is 0 Å². The number of amidine groups is 1. The Balaban J connectivity index is 3.09. The molecule has 19 heavy (non-hydrogen) atoms. The van der Waals surface area contributed by atoms with Crippen molar-refractivity contribution in [3.8, 4) is 0 Å². The van der Waals surface area contributed by atoms with E-state index in [9.17, 15) is 4.39 Å². The zero-order valence-electron chi connectivity index (χ0n) is 12.9. The Morgan fingerprint density at radius 2 is 2.16 bits per heavy atom. The number of nitrogens with zero attached hydrogens (tertiary/aromatic N) is 3. The fraction of sp³-hybridized carbons (Fsp3) is 0.667. The molecule has 0 spiro atoms. The molecular weight excluding hydrogens is 241 g/mol. The van der Waals surface area contributed by atoms with Gasteiger partial charge in [0.1, 0.15) is 5.84 Å². The molecule has 0 aromatic carbocycles. The van der Waals surface area contributed by atoms with Gasteiger partial charge in [-0.1, -0.05) is 18.2 Å². The molecule has 2 atom stereocenters. The maximum Gasteiger partial charge on any atom is 0.161 e. The number of hydrogen-bond acceptors (Lipinski definition) is 2. The molecule has 4 heteroatoms. The summed E-state index contributed by atoms with van der Waals surface area (Å²) in [6.45, 7) is 8.23. The lowest BCUT2D eigenvalue weighted by Crippen LogP contribution is -2.50. The molecule has 0 aromatic heterocycles. The van der Waals surface area contributed by atoms with Crippen LogP contribution in [0.1, 0.15) is 34.1 Å². The van der Waals surface area contributed by atoms with Crippen molar-refractivity contribution in [2.75, 3.05) is 14.1 Å². The van der Waals surface area contributed by atoms with E-state index in [2.05, 4.69) is 36.8 Å². The van der Waals surface area contributed by atoms with Crippen LogP contribution in [0, 0.1) is 0 Å². The summed E-state index contributed by atoms with van der Waals surface area (Å²) in [7, 11) is 3.65. The molecule has 0 aromatic rings. The molecule has 0 radical (unpaired) electrons. The summed E-state index contributed by atoms with van der Waals surface area (Å²) < 4.78 is 14.2. The van der Waals surface area contributed by atoms with Crippen LogP contribution in [0.4, 0.5) is 4.39 Å². The Morgan fingerprint density at radius 3 is 2.63 bits per heavy atom. The lowest BCUT2D eigenvalue weighted by Gasteiger charge is -2.38. The average molecular weight is 267 g/mol. The van der Waals surface area contributed by atoms with Gasteiger partial charge in [-0.2, -0.15) is 0 Å².